The molecule has 1 amide bonds. The molecule has 1 aromatic carbocycles. The second-order valence-electron chi connectivity index (χ2n) is 9.68. The molecule has 0 unspecified atom stereocenters. The Labute approximate surface area is 228 Å². The molecule has 9 nitrogen and oxygen atoms in total. The van der Waals surface area contributed by atoms with E-state index in [1.165, 1.54) is 30.3 Å². The van der Waals surface area contributed by atoms with Crippen LogP contribution in [0.4, 0.5) is 29.2 Å². The summed E-state index contributed by atoms with van der Waals surface area (Å²) in [7, 11) is -4.52. The maximum absolute atomic E-state index is 14.4. The Kier molecular flexibility index (Phi) is 8.19. The first-order valence-electron chi connectivity index (χ1n) is 12.3. The zero-order valence-corrected chi connectivity index (χ0v) is 22.4. The molecule has 40 heavy (non-hydrogen) atoms. The number of carbonyl (C=O) groups is 1. The molecule has 1 aliphatic rings. The highest BCUT2D eigenvalue weighted by molar-refractivity contribution is 7.90. The maximum atomic E-state index is 14.4. The van der Waals surface area contributed by atoms with E-state index in [-0.39, 0.29) is 53.9 Å². The van der Waals surface area contributed by atoms with Crippen LogP contribution in [0.2, 0.25) is 0 Å². The van der Waals surface area contributed by atoms with E-state index < -0.39 is 44.6 Å². The van der Waals surface area contributed by atoms with Crippen LogP contribution in [0, 0.1) is 11.7 Å². The molecule has 0 aliphatic carbocycles. The topological polar surface area (TPSA) is 128 Å². The van der Waals surface area contributed by atoms with Crippen LogP contribution in [0.15, 0.2) is 53.6 Å². The molecule has 0 saturated carbocycles. The standard InChI is InChI=1S/C26H27F4N5O4S/c1-15(2)14-39-18-12-16(11-17(27)13-18)20-9-8-19(24(32-20)35-10-4-5-21(35)26(28,29)30)25(36)34-40(37,38)23-7-3-6-22(31)33-23/h3,6-9,11-13,15,21H,4-5,10,14H2,1-2H3,(H2,31,33)(H,34,36)/t21-/m0/s1. The van der Waals surface area contributed by atoms with Gasteiger partial charge < -0.3 is 15.4 Å². The molecule has 1 atom stereocenters. The van der Waals surface area contributed by atoms with Crippen molar-refractivity contribution in [3.05, 3.63) is 59.9 Å². The minimum Gasteiger partial charge on any atom is -0.493 e. The van der Waals surface area contributed by atoms with Crippen LogP contribution in [0.1, 0.15) is 37.0 Å². The van der Waals surface area contributed by atoms with E-state index in [0.717, 1.165) is 23.1 Å². The SMILES string of the molecule is CC(C)COc1cc(F)cc(-c2ccc(C(=O)NS(=O)(=O)c3cccc(N)n3)c(N3CCC[C@H]3C(F)(F)F)n2)c1. The number of hydrogen-bond donors (Lipinski definition) is 2. The number of nitrogens with one attached hydrogen (secondary N) is 1. The number of nitrogens with two attached hydrogens (primary N) is 1. The first-order valence-corrected chi connectivity index (χ1v) is 13.8. The maximum Gasteiger partial charge on any atom is 0.408 e. The summed E-state index contributed by atoms with van der Waals surface area (Å²) in [5.74, 6) is -2.02. The smallest absolute Gasteiger partial charge is 0.408 e. The molecule has 1 aliphatic heterocycles. The van der Waals surface area contributed by atoms with E-state index >= 15 is 0 Å². The molecule has 0 radical (unpaired) electrons. The Hall–Kier alpha value is -3.94. The van der Waals surface area contributed by atoms with Gasteiger partial charge in [0.1, 0.15) is 29.2 Å². The predicted octanol–water partition coefficient (Wildman–Crippen LogP) is 4.55. The highest BCUT2D eigenvalue weighted by Gasteiger charge is 2.47. The van der Waals surface area contributed by atoms with E-state index in [1.807, 2.05) is 18.6 Å². The number of nitrogens with zero attached hydrogens (tertiary/aromatic N) is 3. The molecule has 0 spiro atoms. The van der Waals surface area contributed by atoms with E-state index in [1.54, 1.807) is 0 Å². The van der Waals surface area contributed by atoms with Crippen LogP contribution < -0.4 is 20.1 Å². The second-order valence-corrected chi connectivity index (χ2v) is 11.3. The quantitative estimate of drug-likeness (QED) is 0.371. The van der Waals surface area contributed by atoms with Crippen LogP contribution in [0.25, 0.3) is 11.3 Å². The normalized spacial score (nSPS) is 15.9. The van der Waals surface area contributed by atoms with E-state index in [2.05, 4.69) is 9.97 Å². The van der Waals surface area contributed by atoms with Gasteiger partial charge in [0.05, 0.1) is 17.9 Å². The van der Waals surface area contributed by atoms with Gasteiger partial charge in [-0.05, 0) is 55.2 Å². The van der Waals surface area contributed by atoms with Crippen molar-refractivity contribution in [1.29, 1.82) is 0 Å². The number of pyridine rings is 2. The number of halogens is 4. The molecule has 2 aromatic heterocycles. The van der Waals surface area contributed by atoms with Crippen molar-refractivity contribution in [3.63, 3.8) is 0 Å². The number of rotatable bonds is 8. The Balaban J connectivity index is 1.77. The van der Waals surface area contributed by atoms with Crippen molar-refractivity contribution < 1.29 is 35.5 Å². The third kappa shape index (κ3) is 6.61. The van der Waals surface area contributed by atoms with Crippen LogP contribution in [0.3, 0.4) is 0 Å². The number of aromatic nitrogens is 2. The number of benzene rings is 1. The molecular formula is C26H27F4N5O4S. The average Bonchev–Trinajstić information content (AvgIpc) is 3.37. The number of nitrogen functional groups attached to an aromatic ring is 1. The first kappa shape index (κ1) is 29.1. The number of alkyl halides is 3. The zero-order valence-electron chi connectivity index (χ0n) is 21.6. The van der Waals surface area contributed by atoms with Gasteiger partial charge in [-0.1, -0.05) is 19.9 Å². The lowest BCUT2D eigenvalue weighted by Gasteiger charge is -2.29. The molecule has 3 aromatic rings. The summed E-state index contributed by atoms with van der Waals surface area (Å²) in [6, 6.07) is 8.06. The Bertz CT molecular complexity index is 1520. The largest absolute Gasteiger partial charge is 0.493 e. The number of ether oxygens (including phenoxy) is 1. The number of carbonyl (C=O) groups excluding carboxylic acids is 1. The summed E-state index contributed by atoms with van der Waals surface area (Å²) in [6.07, 6.45) is -4.72. The van der Waals surface area contributed by atoms with Gasteiger partial charge in [-0.15, -0.1) is 0 Å². The van der Waals surface area contributed by atoms with Gasteiger partial charge in [-0.3, -0.25) is 4.79 Å². The van der Waals surface area contributed by atoms with Crippen molar-refractivity contribution in [2.45, 2.75) is 43.9 Å². The summed E-state index contributed by atoms with van der Waals surface area (Å²) in [5, 5.41) is -0.546. The fraction of sp³-hybridized carbons (Fsp3) is 0.346. The van der Waals surface area contributed by atoms with Crippen molar-refractivity contribution >= 4 is 27.6 Å². The van der Waals surface area contributed by atoms with Gasteiger partial charge in [0, 0.05) is 18.2 Å². The van der Waals surface area contributed by atoms with Crippen molar-refractivity contribution in [3.8, 4) is 17.0 Å². The lowest BCUT2D eigenvalue weighted by Crippen LogP contribution is -2.43. The highest BCUT2D eigenvalue weighted by atomic mass is 32.2. The molecule has 3 N–H and O–H groups in total. The van der Waals surface area contributed by atoms with Gasteiger partial charge in [-0.2, -0.15) is 21.6 Å². The lowest BCUT2D eigenvalue weighted by atomic mass is 10.1. The number of hydrogen-bond acceptors (Lipinski definition) is 8. The van der Waals surface area contributed by atoms with Gasteiger partial charge >= 0.3 is 6.18 Å². The predicted molar refractivity (Wildman–Crippen MR) is 140 cm³/mol. The fourth-order valence-electron chi connectivity index (χ4n) is 4.23. The summed E-state index contributed by atoms with van der Waals surface area (Å²) < 4.78 is 89.1. The second kappa shape index (κ2) is 11.3. The molecule has 14 heteroatoms. The lowest BCUT2D eigenvalue weighted by molar-refractivity contribution is -0.146. The Morgan fingerprint density at radius 3 is 2.60 bits per heavy atom. The molecule has 1 saturated heterocycles. The molecule has 3 heterocycles. The molecule has 214 valence electrons. The molecule has 4 rings (SSSR count). The highest BCUT2D eigenvalue weighted by Crippen LogP contribution is 2.38. The number of sulfonamides is 1. The summed E-state index contributed by atoms with van der Waals surface area (Å²) >= 11 is 0. The fourth-order valence-corrected chi connectivity index (χ4v) is 5.17. The first-order chi connectivity index (χ1) is 18.7. The molecular weight excluding hydrogens is 554 g/mol. The van der Waals surface area contributed by atoms with Crippen LogP contribution in [-0.2, 0) is 10.0 Å². The third-order valence-corrected chi connectivity index (χ3v) is 7.25. The summed E-state index contributed by atoms with van der Waals surface area (Å²) in [5.41, 5.74) is 5.39. The number of amides is 1. The minimum atomic E-state index is -4.64. The van der Waals surface area contributed by atoms with Crippen LogP contribution in [-0.4, -0.2) is 49.7 Å². The van der Waals surface area contributed by atoms with Crippen molar-refractivity contribution in [2.24, 2.45) is 5.92 Å². The summed E-state index contributed by atoms with van der Waals surface area (Å²) in [6.45, 7) is 4.04. The zero-order chi connectivity index (χ0) is 29.2. The van der Waals surface area contributed by atoms with E-state index in [0.29, 0.717) is 6.61 Å². The van der Waals surface area contributed by atoms with Gasteiger partial charge in [0.15, 0.2) is 5.03 Å². The average molecular weight is 582 g/mol. The third-order valence-electron chi connectivity index (χ3n) is 6.02. The Morgan fingerprint density at radius 1 is 1.18 bits per heavy atom. The molecule has 1 fully saturated rings. The van der Waals surface area contributed by atoms with Crippen LogP contribution >= 0.6 is 0 Å². The van der Waals surface area contributed by atoms with Crippen molar-refractivity contribution in [2.75, 3.05) is 23.8 Å². The monoisotopic (exact) mass is 581 g/mol. The van der Waals surface area contributed by atoms with E-state index in [9.17, 15) is 30.8 Å². The number of anilines is 2. The van der Waals surface area contributed by atoms with Gasteiger partial charge in [0.2, 0.25) is 0 Å². The Morgan fingerprint density at radius 2 is 1.93 bits per heavy atom. The van der Waals surface area contributed by atoms with Crippen molar-refractivity contribution in [1.82, 2.24) is 14.7 Å². The van der Waals surface area contributed by atoms with E-state index in [4.69, 9.17) is 10.5 Å². The van der Waals surface area contributed by atoms with Gasteiger partial charge in [-0.25, -0.2) is 19.1 Å². The minimum absolute atomic E-state index is 0.0635. The summed E-state index contributed by atoms with van der Waals surface area (Å²) in [4.78, 5) is 22.1. The van der Waals surface area contributed by atoms with Gasteiger partial charge in [0.25, 0.3) is 15.9 Å². The van der Waals surface area contributed by atoms with Crippen LogP contribution in [0.5, 0.6) is 5.75 Å². The molecule has 0 bridgehead atoms.